The van der Waals surface area contributed by atoms with Crippen molar-refractivity contribution >= 4 is 5.95 Å². The first-order valence-corrected chi connectivity index (χ1v) is 8.53. The van der Waals surface area contributed by atoms with Gasteiger partial charge in [0.15, 0.2) is 0 Å². The first-order chi connectivity index (χ1) is 13.8. The van der Waals surface area contributed by atoms with Gasteiger partial charge in [0.2, 0.25) is 11.8 Å². The minimum Gasteiger partial charge on any atom is -0.491 e. The smallest absolute Gasteiger partial charge is 0.223 e. The van der Waals surface area contributed by atoms with E-state index in [1.54, 1.807) is 24.5 Å². The molecule has 0 saturated heterocycles. The van der Waals surface area contributed by atoms with Gasteiger partial charge in [-0.2, -0.15) is 5.21 Å². The fourth-order valence-corrected chi connectivity index (χ4v) is 2.57. The van der Waals surface area contributed by atoms with Crippen LogP contribution in [0.2, 0.25) is 0 Å². The number of anilines is 1. The summed E-state index contributed by atoms with van der Waals surface area (Å²) < 4.78 is 19.2. The molecule has 0 amide bonds. The van der Waals surface area contributed by atoms with Gasteiger partial charge in [0.25, 0.3) is 0 Å². The second kappa shape index (κ2) is 8.21. The summed E-state index contributed by atoms with van der Waals surface area (Å²) in [5, 5.41) is 16.9. The van der Waals surface area contributed by atoms with Crippen LogP contribution in [0.3, 0.4) is 0 Å². The Balaban J connectivity index is 1.51. The minimum atomic E-state index is -0.299. The third-order valence-corrected chi connectivity index (χ3v) is 3.99. The fourth-order valence-electron chi connectivity index (χ4n) is 2.57. The molecule has 0 aliphatic rings. The lowest BCUT2D eigenvalue weighted by atomic mass is 10.1. The average Bonchev–Trinajstić information content (AvgIpc) is 3.28. The standard InChI is InChI=1S/C19H16FN7O/c20-15-8-6-13(7-9-15)17(12-28-16-4-2-1-3-5-16)23-19-21-10-14(11-22-19)18-24-26-27-25-18/h1-11,17H,12H2,(H,21,22,23)(H,24,25,26,27). The van der Waals surface area contributed by atoms with Crippen molar-refractivity contribution < 1.29 is 9.13 Å². The number of para-hydroxylation sites is 1. The molecule has 28 heavy (non-hydrogen) atoms. The average molecular weight is 377 g/mol. The van der Waals surface area contributed by atoms with E-state index in [9.17, 15) is 4.39 Å². The Morgan fingerprint density at radius 1 is 1.00 bits per heavy atom. The van der Waals surface area contributed by atoms with Gasteiger partial charge in [0, 0.05) is 12.4 Å². The molecule has 1 unspecified atom stereocenters. The van der Waals surface area contributed by atoms with Gasteiger partial charge in [-0.15, -0.1) is 10.2 Å². The molecule has 2 heterocycles. The van der Waals surface area contributed by atoms with E-state index < -0.39 is 0 Å². The zero-order valence-electron chi connectivity index (χ0n) is 14.7. The molecule has 0 bridgehead atoms. The van der Waals surface area contributed by atoms with E-state index in [1.165, 1.54) is 12.1 Å². The van der Waals surface area contributed by atoms with Crippen LogP contribution in [0.1, 0.15) is 11.6 Å². The Bertz CT molecular complexity index is 993. The van der Waals surface area contributed by atoms with E-state index in [2.05, 4.69) is 35.9 Å². The van der Waals surface area contributed by atoms with Gasteiger partial charge in [-0.1, -0.05) is 30.3 Å². The Kier molecular flexibility index (Phi) is 5.14. The SMILES string of the molecule is Fc1ccc(C(COc2ccccc2)Nc2ncc(-c3nn[nH]n3)cn2)cc1. The number of benzene rings is 2. The van der Waals surface area contributed by atoms with Crippen LogP contribution in [0.5, 0.6) is 5.75 Å². The van der Waals surface area contributed by atoms with Crippen LogP contribution in [0, 0.1) is 5.82 Å². The van der Waals surface area contributed by atoms with Crippen LogP contribution in [0.15, 0.2) is 67.0 Å². The number of aromatic amines is 1. The van der Waals surface area contributed by atoms with Crippen LogP contribution in [0.25, 0.3) is 11.4 Å². The largest absolute Gasteiger partial charge is 0.491 e. The summed E-state index contributed by atoms with van der Waals surface area (Å²) in [5.74, 6) is 1.25. The number of hydrogen-bond acceptors (Lipinski definition) is 7. The number of nitrogens with one attached hydrogen (secondary N) is 2. The van der Waals surface area contributed by atoms with Crippen molar-refractivity contribution in [3.8, 4) is 17.1 Å². The molecule has 9 heteroatoms. The number of aromatic nitrogens is 6. The number of halogens is 1. The Labute approximate surface area is 159 Å². The molecule has 0 radical (unpaired) electrons. The quantitative estimate of drug-likeness (QED) is 0.510. The van der Waals surface area contributed by atoms with Crippen molar-refractivity contribution in [1.29, 1.82) is 0 Å². The topological polar surface area (TPSA) is 102 Å². The maximum absolute atomic E-state index is 13.3. The Hall–Kier alpha value is -3.88. The van der Waals surface area contributed by atoms with Crippen molar-refractivity contribution in [2.75, 3.05) is 11.9 Å². The summed E-state index contributed by atoms with van der Waals surface area (Å²) in [6, 6.07) is 15.4. The van der Waals surface area contributed by atoms with Crippen LogP contribution in [-0.2, 0) is 0 Å². The molecular weight excluding hydrogens is 361 g/mol. The lowest BCUT2D eigenvalue weighted by Crippen LogP contribution is -2.20. The third kappa shape index (κ3) is 4.26. The lowest BCUT2D eigenvalue weighted by Gasteiger charge is -2.20. The van der Waals surface area contributed by atoms with Crippen molar-refractivity contribution in [3.05, 3.63) is 78.4 Å². The molecular formula is C19H16FN7O. The molecule has 0 aliphatic heterocycles. The molecule has 2 aromatic heterocycles. The van der Waals surface area contributed by atoms with E-state index in [1.807, 2.05) is 30.3 Å². The first kappa shape index (κ1) is 17.5. The summed E-state index contributed by atoms with van der Waals surface area (Å²) in [6.07, 6.45) is 3.19. The van der Waals surface area contributed by atoms with Crippen molar-refractivity contribution in [3.63, 3.8) is 0 Å². The second-order valence-corrected chi connectivity index (χ2v) is 5.90. The zero-order chi connectivity index (χ0) is 19.2. The highest BCUT2D eigenvalue weighted by molar-refractivity contribution is 5.51. The van der Waals surface area contributed by atoms with Gasteiger partial charge >= 0.3 is 0 Å². The molecule has 4 rings (SSSR count). The highest BCUT2D eigenvalue weighted by Crippen LogP contribution is 2.21. The van der Waals surface area contributed by atoms with Gasteiger partial charge in [0.1, 0.15) is 18.2 Å². The number of hydrogen-bond donors (Lipinski definition) is 2. The molecule has 0 saturated carbocycles. The normalized spacial score (nSPS) is 11.8. The van der Waals surface area contributed by atoms with Crippen molar-refractivity contribution in [2.24, 2.45) is 0 Å². The molecule has 0 spiro atoms. The molecule has 1 atom stereocenters. The number of rotatable bonds is 7. The van der Waals surface area contributed by atoms with Gasteiger partial charge < -0.3 is 10.1 Å². The van der Waals surface area contributed by atoms with E-state index in [0.717, 1.165) is 11.3 Å². The Morgan fingerprint density at radius 2 is 1.75 bits per heavy atom. The summed E-state index contributed by atoms with van der Waals surface area (Å²) in [7, 11) is 0. The number of nitrogens with zero attached hydrogens (tertiary/aromatic N) is 5. The lowest BCUT2D eigenvalue weighted by molar-refractivity contribution is 0.298. The van der Waals surface area contributed by atoms with Gasteiger partial charge in [0.05, 0.1) is 11.6 Å². The fraction of sp³-hybridized carbons (Fsp3) is 0.105. The van der Waals surface area contributed by atoms with Crippen LogP contribution < -0.4 is 10.1 Å². The molecule has 140 valence electrons. The summed E-state index contributed by atoms with van der Waals surface area (Å²) in [5.41, 5.74) is 1.49. The predicted octanol–water partition coefficient (Wildman–Crippen LogP) is 3.03. The van der Waals surface area contributed by atoms with E-state index in [0.29, 0.717) is 23.9 Å². The molecule has 0 fully saturated rings. The highest BCUT2D eigenvalue weighted by Gasteiger charge is 2.15. The summed E-state index contributed by atoms with van der Waals surface area (Å²) >= 11 is 0. The van der Waals surface area contributed by atoms with Crippen molar-refractivity contribution in [2.45, 2.75) is 6.04 Å². The first-order valence-electron chi connectivity index (χ1n) is 8.53. The molecule has 8 nitrogen and oxygen atoms in total. The van der Waals surface area contributed by atoms with Crippen LogP contribution >= 0.6 is 0 Å². The molecule has 2 aromatic carbocycles. The van der Waals surface area contributed by atoms with Gasteiger partial charge in [-0.3, -0.25) is 0 Å². The monoisotopic (exact) mass is 377 g/mol. The number of tetrazole rings is 1. The van der Waals surface area contributed by atoms with Crippen molar-refractivity contribution in [1.82, 2.24) is 30.6 Å². The second-order valence-electron chi connectivity index (χ2n) is 5.90. The minimum absolute atomic E-state index is 0.281. The van der Waals surface area contributed by atoms with E-state index in [-0.39, 0.29) is 11.9 Å². The summed E-state index contributed by atoms with van der Waals surface area (Å²) in [6.45, 7) is 0.311. The molecule has 4 aromatic rings. The molecule has 0 aliphatic carbocycles. The maximum Gasteiger partial charge on any atom is 0.223 e. The zero-order valence-corrected chi connectivity index (χ0v) is 14.7. The molecule has 2 N–H and O–H groups in total. The van der Waals surface area contributed by atoms with E-state index in [4.69, 9.17) is 4.74 Å². The number of ether oxygens (including phenoxy) is 1. The van der Waals surface area contributed by atoms with Gasteiger partial charge in [-0.05, 0) is 35.0 Å². The van der Waals surface area contributed by atoms with Crippen LogP contribution in [0.4, 0.5) is 10.3 Å². The number of H-pyrrole nitrogens is 1. The Morgan fingerprint density at radius 3 is 2.43 bits per heavy atom. The highest BCUT2D eigenvalue weighted by atomic mass is 19.1. The van der Waals surface area contributed by atoms with Gasteiger partial charge in [-0.25, -0.2) is 14.4 Å². The van der Waals surface area contributed by atoms with E-state index >= 15 is 0 Å². The summed E-state index contributed by atoms with van der Waals surface area (Å²) in [4.78, 5) is 8.60. The third-order valence-electron chi connectivity index (χ3n) is 3.99. The maximum atomic E-state index is 13.3. The van der Waals surface area contributed by atoms with Crippen LogP contribution in [-0.4, -0.2) is 37.2 Å². The predicted molar refractivity (Wildman–Crippen MR) is 99.9 cm³/mol.